The SMILES string of the molecule is O=c1[nH]c(C2CC2)nc2c1CN(Cc1csc(-c3ccc(C(F)(F)F)cc3)n1)CC2. The molecule has 0 amide bonds. The summed E-state index contributed by atoms with van der Waals surface area (Å²) in [5.74, 6) is 1.24. The van der Waals surface area contributed by atoms with Crippen molar-refractivity contribution in [2.45, 2.75) is 44.4 Å². The van der Waals surface area contributed by atoms with Gasteiger partial charge in [0.15, 0.2) is 0 Å². The molecule has 1 aliphatic carbocycles. The lowest BCUT2D eigenvalue weighted by Gasteiger charge is -2.27. The summed E-state index contributed by atoms with van der Waals surface area (Å²) in [6, 6.07) is 5.05. The number of rotatable bonds is 4. The van der Waals surface area contributed by atoms with Crippen molar-refractivity contribution in [2.24, 2.45) is 0 Å². The minimum atomic E-state index is -4.34. The summed E-state index contributed by atoms with van der Waals surface area (Å²) in [5, 5.41) is 2.60. The van der Waals surface area contributed by atoms with Crippen LogP contribution in [0.1, 0.15) is 47.1 Å². The topological polar surface area (TPSA) is 61.9 Å². The Hall–Kier alpha value is -2.52. The first-order valence-corrected chi connectivity index (χ1v) is 10.7. The minimum Gasteiger partial charge on any atom is -0.310 e. The smallest absolute Gasteiger partial charge is 0.310 e. The van der Waals surface area contributed by atoms with E-state index in [0.29, 0.717) is 29.6 Å². The van der Waals surface area contributed by atoms with Gasteiger partial charge in [-0.25, -0.2) is 9.97 Å². The maximum absolute atomic E-state index is 12.7. The first kappa shape index (κ1) is 19.4. The van der Waals surface area contributed by atoms with Gasteiger partial charge in [0.2, 0.25) is 0 Å². The summed E-state index contributed by atoms with van der Waals surface area (Å²) in [6.07, 6.45) is -1.42. The molecule has 5 nitrogen and oxygen atoms in total. The third-order valence-corrected chi connectivity index (χ3v) is 6.47. The van der Waals surface area contributed by atoms with E-state index in [2.05, 4.69) is 19.9 Å². The lowest BCUT2D eigenvalue weighted by Crippen LogP contribution is -2.35. The third-order valence-electron chi connectivity index (χ3n) is 5.53. The van der Waals surface area contributed by atoms with Gasteiger partial charge in [0.25, 0.3) is 5.56 Å². The average molecular weight is 432 g/mol. The maximum Gasteiger partial charge on any atom is 0.416 e. The van der Waals surface area contributed by atoms with Crippen molar-refractivity contribution in [3.63, 3.8) is 0 Å². The number of hydrogen-bond acceptors (Lipinski definition) is 5. The molecule has 3 heterocycles. The van der Waals surface area contributed by atoms with E-state index in [0.717, 1.165) is 60.7 Å². The van der Waals surface area contributed by atoms with Gasteiger partial charge in [0.05, 0.1) is 22.5 Å². The van der Waals surface area contributed by atoms with Crippen LogP contribution in [0.2, 0.25) is 0 Å². The normalized spacial score (nSPS) is 17.2. The molecule has 1 fully saturated rings. The highest BCUT2D eigenvalue weighted by Gasteiger charge is 2.30. The van der Waals surface area contributed by atoms with Crippen LogP contribution in [-0.4, -0.2) is 26.4 Å². The van der Waals surface area contributed by atoms with Crippen molar-refractivity contribution in [1.29, 1.82) is 0 Å². The number of benzene rings is 1. The molecule has 0 saturated heterocycles. The molecule has 2 aliphatic rings. The van der Waals surface area contributed by atoms with Crippen LogP contribution in [0.25, 0.3) is 10.6 Å². The Morgan fingerprint density at radius 1 is 1.17 bits per heavy atom. The summed E-state index contributed by atoms with van der Waals surface area (Å²) in [4.78, 5) is 26.8. The van der Waals surface area contributed by atoms with E-state index >= 15 is 0 Å². The molecular formula is C21H19F3N4OS. The fourth-order valence-corrected chi connectivity index (χ4v) is 4.55. The number of halogens is 3. The van der Waals surface area contributed by atoms with Gasteiger partial charge in [-0.2, -0.15) is 13.2 Å². The van der Waals surface area contributed by atoms with Gasteiger partial charge < -0.3 is 4.98 Å². The van der Waals surface area contributed by atoms with E-state index in [1.54, 1.807) is 0 Å². The number of nitrogens with zero attached hydrogens (tertiary/aromatic N) is 3. The van der Waals surface area contributed by atoms with Crippen molar-refractivity contribution < 1.29 is 13.2 Å². The van der Waals surface area contributed by atoms with E-state index in [-0.39, 0.29) is 5.56 Å². The first-order valence-electron chi connectivity index (χ1n) is 9.83. The van der Waals surface area contributed by atoms with Crippen LogP contribution in [0.15, 0.2) is 34.4 Å². The molecule has 1 aliphatic heterocycles. The van der Waals surface area contributed by atoms with E-state index in [1.165, 1.54) is 23.5 Å². The summed E-state index contributed by atoms with van der Waals surface area (Å²) >= 11 is 1.41. The lowest BCUT2D eigenvalue weighted by molar-refractivity contribution is -0.137. The molecule has 1 saturated carbocycles. The van der Waals surface area contributed by atoms with Gasteiger partial charge in [-0.15, -0.1) is 11.3 Å². The number of aromatic nitrogens is 3. The van der Waals surface area contributed by atoms with Crippen molar-refractivity contribution in [3.8, 4) is 10.6 Å². The summed E-state index contributed by atoms with van der Waals surface area (Å²) in [6.45, 7) is 1.90. The van der Waals surface area contributed by atoms with E-state index < -0.39 is 11.7 Å². The fourth-order valence-electron chi connectivity index (χ4n) is 3.73. The third kappa shape index (κ3) is 3.91. The number of H-pyrrole nitrogens is 1. The Morgan fingerprint density at radius 2 is 1.93 bits per heavy atom. The van der Waals surface area contributed by atoms with Gasteiger partial charge in [-0.3, -0.25) is 9.69 Å². The van der Waals surface area contributed by atoms with E-state index in [4.69, 9.17) is 0 Å². The van der Waals surface area contributed by atoms with Crippen molar-refractivity contribution >= 4 is 11.3 Å². The van der Waals surface area contributed by atoms with Crippen LogP contribution >= 0.6 is 11.3 Å². The molecule has 0 radical (unpaired) electrons. The van der Waals surface area contributed by atoms with Crippen LogP contribution in [-0.2, 0) is 25.7 Å². The number of thiazole rings is 1. The van der Waals surface area contributed by atoms with Crippen molar-refractivity contribution in [3.05, 3.63) is 68.3 Å². The first-order chi connectivity index (χ1) is 14.4. The monoisotopic (exact) mass is 432 g/mol. The number of alkyl halides is 3. The predicted molar refractivity (Wildman–Crippen MR) is 107 cm³/mol. The quantitative estimate of drug-likeness (QED) is 0.666. The Labute approximate surface area is 174 Å². The Morgan fingerprint density at radius 3 is 2.63 bits per heavy atom. The molecule has 3 aromatic rings. The molecule has 2 aromatic heterocycles. The van der Waals surface area contributed by atoms with Gasteiger partial charge >= 0.3 is 6.18 Å². The minimum absolute atomic E-state index is 0.0460. The van der Waals surface area contributed by atoms with Crippen LogP contribution in [0.4, 0.5) is 13.2 Å². The maximum atomic E-state index is 12.7. The van der Waals surface area contributed by atoms with Crippen molar-refractivity contribution in [2.75, 3.05) is 6.54 Å². The second-order valence-corrected chi connectivity index (χ2v) is 8.69. The van der Waals surface area contributed by atoms with Gasteiger partial charge in [0, 0.05) is 42.9 Å². The molecule has 0 unspecified atom stereocenters. The summed E-state index contributed by atoms with van der Waals surface area (Å²) in [5.41, 5.74) is 2.42. The Kier molecular flexibility index (Phi) is 4.74. The largest absolute Gasteiger partial charge is 0.416 e. The second kappa shape index (κ2) is 7.31. The Bertz CT molecular complexity index is 1130. The second-order valence-electron chi connectivity index (χ2n) is 7.83. The highest BCUT2D eigenvalue weighted by atomic mass is 32.1. The molecule has 9 heteroatoms. The number of hydrogen-bond donors (Lipinski definition) is 1. The van der Waals surface area contributed by atoms with Crippen LogP contribution in [0.3, 0.4) is 0 Å². The van der Waals surface area contributed by atoms with Gasteiger partial charge in [-0.1, -0.05) is 12.1 Å². The fraction of sp³-hybridized carbons (Fsp3) is 0.381. The molecule has 30 heavy (non-hydrogen) atoms. The number of fused-ring (bicyclic) bond motifs is 1. The zero-order chi connectivity index (χ0) is 20.9. The standard InChI is InChI=1S/C21H19F3N4OS/c22-21(23,24)14-5-3-13(4-6-14)20-25-15(11-30-20)9-28-8-7-17-16(10-28)19(29)27-18(26-17)12-1-2-12/h3-6,11-12H,1-2,7-10H2,(H,26,27,29). The van der Waals surface area contributed by atoms with Crippen LogP contribution < -0.4 is 5.56 Å². The molecule has 5 rings (SSSR count). The molecular weight excluding hydrogens is 413 g/mol. The average Bonchev–Trinajstić information content (AvgIpc) is 3.47. The highest BCUT2D eigenvalue weighted by molar-refractivity contribution is 7.13. The van der Waals surface area contributed by atoms with Gasteiger partial charge in [-0.05, 0) is 25.0 Å². The van der Waals surface area contributed by atoms with Crippen LogP contribution in [0, 0.1) is 0 Å². The predicted octanol–water partition coefficient (Wildman–Crippen LogP) is 4.35. The van der Waals surface area contributed by atoms with Crippen molar-refractivity contribution in [1.82, 2.24) is 19.9 Å². The highest BCUT2D eigenvalue weighted by Crippen LogP contribution is 2.38. The molecule has 0 atom stereocenters. The lowest BCUT2D eigenvalue weighted by atomic mass is 10.1. The number of nitrogens with one attached hydrogen (secondary N) is 1. The summed E-state index contributed by atoms with van der Waals surface area (Å²) in [7, 11) is 0. The molecule has 0 bridgehead atoms. The van der Waals surface area contributed by atoms with Gasteiger partial charge in [0.1, 0.15) is 10.8 Å². The zero-order valence-electron chi connectivity index (χ0n) is 16.0. The molecule has 1 N–H and O–H groups in total. The number of aromatic amines is 1. The zero-order valence-corrected chi connectivity index (χ0v) is 16.8. The summed E-state index contributed by atoms with van der Waals surface area (Å²) < 4.78 is 38.2. The molecule has 156 valence electrons. The molecule has 0 spiro atoms. The molecule has 1 aromatic carbocycles. The Balaban J connectivity index is 1.29. The van der Waals surface area contributed by atoms with E-state index in [9.17, 15) is 18.0 Å². The van der Waals surface area contributed by atoms with Crippen LogP contribution in [0.5, 0.6) is 0 Å². The van der Waals surface area contributed by atoms with E-state index in [1.807, 2.05) is 5.38 Å².